The van der Waals surface area contributed by atoms with E-state index >= 15 is 0 Å². The predicted octanol–water partition coefficient (Wildman–Crippen LogP) is 3.72. The maximum absolute atomic E-state index is 5.39. The maximum Gasteiger partial charge on any atom is 0.0688 e. The molecule has 0 amide bonds. The topological polar surface area (TPSA) is 27.1 Å². The van der Waals surface area contributed by atoms with Crippen molar-refractivity contribution in [2.45, 2.75) is 39.7 Å². The normalized spacial score (nSPS) is 16.4. The molecule has 1 aliphatic rings. The van der Waals surface area contributed by atoms with Gasteiger partial charge in [-0.2, -0.15) is 5.10 Å². The fourth-order valence-corrected chi connectivity index (χ4v) is 2.37. The molecule has 0 unspecified atom stereocenters. The third-order valence-electron chi connectivity index (χ3n) is 3.29. The molecule has 0 spiro atoms. The van der Waals surface area contributed by atoms with Gasteiger partial charge < -0.3 is 4.74 Å². The Kier molecular flexibility index (Phi) is 4.37. The highest BCUT2D eigenvalue weighted by Crippen LogP contribution is 2.25. The highest BCUT2D eigenvalue weighted by Gasteiger charge is 2.17. The molecule has 3 heteroatoms. The number of nitrogens with zero attached hydrogens (tertiary/aromatic N) is 2. The molecule has 1 aromatic carbocycles. The lowest BCUT2D eigenvalue weighted by molar-refractivity contribution is 0.0675. The second-order valence-corrected chi connectivity index (χ2v) is 4.49. The summed E-state index contributed by atoms with van der Waals surface area (Å²) in [4.78, 5) is 0. The molecule has 0 N–H and O–H groups in total. The summed E-state index contributed by atoms with van der Waals surface area (Å²) >= 11 is 0. The number of hydrogen-bond donors (Lipinski definition) is 0. The Labute approximate surface area is 109 Å². The van der Waals surface area contributed by atoms with Crippen LogP contribution in [0.15, 0.2) is 24.4 Å². The lowest BCUT2D eigenvalue weighted by Crippen LogP contribution is -2.20. The second kappa shape index (κ2) is 6.01. The van der Waals surface area contributed by atoms with Crippen molar-refractivity contribution in [2.24, 2.45) is 0 Å². The molecule has 0 saturated carbocycles. The van der Waals surface area contributed by atoms with E-state index in [4.69, 9.17) is 4.74 Å². The summed E-state index contributed by atoms with van der Waals surface area (Å²) in [6.07, 6.45) is 4.11. The minimum absolute atomic E-state index is 0.507. The fraction of sp³-hybridized carbons (Fsp3) is 0.533. The Morgan fingerprint density at radius 1 is 1.22 bits per heavy atom. The van der Waals surface area contributed by atoms with E-state index in [0.29, 0.717) is 6.04 Å². The second-order valence-electron chi connectivity index (χ2n) is 4.49. The van der Waals surface area contributed by atoms with E-state index in [1.807, 2.05) is 20.0 Å². The average Bonchev–Trinajstić information content (AvgIpc) is 2.85. The minimum Gasteiger partial charge on any atom is -0.381 e. The molecule has 1 aromatic heterocycles. The smallest absolute Gasteiger partial charge is 0.0688 e. The first kappa shape index (κ1) is 13.1. The van der Waals surface area contributed by atoms with Gasteiger partial charge >= 0.3 is 0 Å². The zero-order valence-electron chi connectivity index (χ0n) is 11.5. The molecule has 0 aliphatic carbocycles. The van der Waals surface area contributed by atoms with E-state index in [1.54, 1.807) is 0 Å². The van der Waals surface area contributed by atoms with Crippen molar-refractivity contribution in [2.75, 3.05) is 13.2 Å². The third-order valence-corrected chi connectivity index (χ3v) is 3.29. The van der Waals surface area contributed by atoms with Gasteiger partial charge in [-0.25, -0.2) is 0 Å². The fourth-order valence-electron chi connectivity index (χ4n) is 2.37. The van der Waals surface area contributed by atoms with Crippen molar-refractivity contribution < 1.29 is 4.74 Å². The van der Waals surface area contributed by atoms with Crippen LogP contribution in [0.4, 0.5) is 0 Å². The van der Waals surface area contributed by atoms with Crippen LogP contribution in [0.2, 0.25) is 0 Å². The van der Waals surface area contributed by atoms with Gasteiger partial charge in [0, 0.05) is 18.6 Å². The molecule has 98 valence electrons. The predicted molar refractivity (Wildman–Crippen MR) is 74.9 cm³/mol. The molecule has 18 heavy (non-hydrogen) atoms. The van der Waals surface area contributed by atoms with Crippen molar-refractivity contribution in [1.29, 1.82) is 0 Å². The van der Waals surface area contributed by atoms with Gasteiger partial charge in [0.2, 0.25) is 0 Å². The van der Waals surface area contributed by atoms with E-state index < -0.39 is 0 Å². The number of ether oxygens (including phenoxy) is 1. The van der Waals surface area contributed by atoms with Crippen molar-refractivity contribution >= 4 is 10.9 Å². The molecule has 1 saturated heterocycles. The number of fused-ring (bicyclic) bond motifs is 1. The summed E-state index contributed by atoms with van der Waals surface area (Å²) in [7, 11) is 0. The number of hydrogen-bond acceptors (Lipinski definition) is 2. The highest BCUT2D eigenvalue weighted by molar-refractivity contribution is 5.79. The van der Waals surface area contributed by atoms with E-state index in [1.165, 1.54) is 16.5 Å². The molecular formula is C15H22N2O. The number of aromatic nitrogens is 2. The van der Waals surface area contributed by atoms with Gasteiger partial charge in [-0.1, -0.05) is 26.0 Å². The van der Waals surface area contributed by atoms with Gasteiger partial charge in [-0.15, -0.1) is 0 Å². The van der Waals surface area contributed by atoms with Crippen molar-refractivity contribution in [3.63, 3.8) is 0 Å². The van der Waals surface area contributed by atoms with Crippen molar-refractivity contribution in [3.05, 3.63) is 30.0 Å². The number of benzene rings is 1. The first-order valence-electron chi connectivity index (χ1n) is 6.86. The van der Waals surface area contributed by atoms with Gasteiger partial charge in [-0.05, 0) is 31.4 Å². The lowest BCUT2D eigenvalue weighted by Gasteiger charge is -2.23. The minimum atomic E-state index is 0.507. The maximum atomic E-state index is 5.39. The van der Waals surface area contributed by atoms with E-state index in [9.17, 15) is 0 Å². The van der Waals surface area contributed by atoms with Crippen LogP contribution in [0.5, 0.6) is 0 Å². The van der Waals surface area contributed by atoms with E-state index in [2.05, 4.69) is 34.9 Å². The van der Waals surface area contributed by atoms with Gasteiger partial charge in [0.25, 0.3) is 0 Å². The monoisotopic (exact) mass is 246 g/mol. The number of aryl methyl sites for hydroxylation is 1. The summed E-state index contributed by atoms with van der Waals surface area (Å²) < 4.78 is 7.56. The number of rotatable bonds is 1. The molecule has 0 bridgehead atoms. The average molecular weight is 246 g/mol. The molecular weight excluding hydrogens is 224 g/mol. The Hall–Kier alpha value is -1.35. The van der Waals surface area contributed by atoms with E-state index in [0.717, 1.165) is 26.1 Å². The summed E-state index contributed by atoms with van der Waals surface area (Å²) in [6.45, 7) is 7.84. The quantitative estimate of drug-likeness (QED) is 0.766. The van der Waals surface area contributed by atoms with Crippen LogP contribution in [0, 0.1) is 6.92 Å². The van der Waals surface area contributed by atoms with E-state index in [-0.39, 0.29) is 0 Å². The zero-order valence-corrected chi connectivity index (χ0v) is 11.5. The van der Waals surface area contributed by atoms with Gasteiger partial charge in [-0.3, -0.25) is 4.68 Å². The van der Waals surface area contributed by atoms with Gasteiger partial charge in [0.15, 0.2) is 0 Å². The Balaban J connectivity index is 0.000000574. The Morgan fingerprint density at radius 3 is 2.67 bits per heavy atom. The van der Waals surface area contributed by atoms with Crippen LogP contribution in [0.3, 0.4) is 0 Å². The lowest BCUT2D eigenvalue weighted by atomic mass is 10.1. The van der Waals surface area contributed by atoms with Gasteiger partial charge in [0.05, 0.1) is 17.8 Å². The Morgan fingerprint density at radius 2 is 1.94 bits per heavy atom. The summed E-state index contributed by atoms with van der Waals surface area (Å²) in [5, 5.41) is 5.75. The highest BCUT2D eigenvalue weighted by atomic mass is 16.5. The third kappa shape index (κ3) is 2.56. The molecule has 2 heterocycles. The first-order valence-corrected chi connectivity index (χ1v) is 6.86. The molecule has 2 aromatic rings. The van der Waals surface area contributed by atoms with Crippen LogP contribution in [0.25, 0.3) is 10.9 Å². The van der Waals surface area contributed by atoms with Crippen LogP contribution in [0.1, 0.15) is 38.3 Å². The van der Waals surface area contributed by atoms with Crippen LogP contribution >= 0.6 is 0 Å². The molecule has 3 rings (SSSR count). The van der Waals surface area contributed by atoms with Gasteiger partial charge in [0.1, 0.15) is 0 Å². The first-order chi connectivity index (χ1) is 8.84. The van der Waals surface area contributed by atoms with Crippen molar-refractivity contribution in [1.82, 2.24) is 9.78 Å². The van der Waals surface area contributed by atoms with Crippen LogP contribution < -0.4 is 0 Å². The standard InChI is InChI=1S/C13H16N2O.C2H6/c1-10-2-3-11-9-14-15(13(11)8-10)12-4-6-16-7-5-12;1-2/h2-3,8-9,12H,4-7H2,1H3;1-2H3. The molecule has 0 atom stereocenters. The SMILES string of the molecule is CC.Cc1ccc2cnn(C3CCOCC3)c2c1. The van der Waals surface area contributed by atoms with Crippen LogP contribution in [-0.2, 0) is 4.74 Å². The summed E-state index contributed by atoms with van der Waals surface area (Å²) in [5.74, 6) is 0. The molecule has 3 nitrogen and oxygen atoms in total. The molecule has 0 radical (unpaired) electrons. The van der Waals surface area contributed by atoms with Crippen LogP contribution in [-0.4, -0.2) is 23.0 Å². The zero-order chi connectivity index (χ0) is 13.0. The summed E-state index contributed by atoms with van der Waals surface area (Å²) in [5.41, 5.74) is 2.55. The van der Waals surface area contributed by atoms with Crippen molar-refractivity contribution in [3.8, 4) is 0 Å². The molecule has 1 fully saturated rings. The largest absolute Gasteiger partial charge is 0.381 e. The summed E-state index contributed by atoms with van der Waals surface area (Å²) in [6, 6.07) is 7.01. The molecule has 1 aliphatic heterocycles. The Bertz CT molecular complexity index is 498.